The molecule has 2 amide bonds. The third kappa shape index (κ3) is 3.56. The first kappa shape index (κ1) is 18.4. The molecular formula is C19H22FN5O3. The Kier molecular flexibility index (Phi) is 4.97. The normalized spacial score (nSPS) is 17.0. The largest absolute Gasteiger partial charge is 0.352 e. The summed E-state index contributed by atoms with van der Waals surface area (Å²) >= 11 is 0. The number of fused-ring (bicyclic) bond motifs is 1. The number of nitrogens with zero attached hydrogens (tertiary/aromatic N) is 4. The van der Waals surface area contributed by atoms with Crippen LogP contribution in [-0.2, 0) is 24.4 Å². The average molecular weight is 387 g/mol. The molecule has 0 radical (unpaired) electrons. The second-order valence-electron chi connectivity index (χ2n) is 7.28. The van der Waals surface area contributed by atoms with Crippen molar-refractivity contribution in [2.24, 2.45) is 0 Å². The van der Waals surface area contributed by atoms with Crippen LogP contribution in [0.15, 0.2) is 29.1 Å². The van der Waals surface area contributed by atoms with Gasteiger partial charge in [-0.2, -0.15) is 0 Å². The van der Waals surface area contributed by atoms with E-state index in [1.165, 1.54) is 15.5 Å². The van der Waals surface area contributed by atoms with Crippen LogP contribution in [0.4, 0.5) is 4.39 Å². The number of halogens is 1. The lowest BCUT2D eigenvalue weighted by Crippen LogP contribution is -2.43. The summed E-state index contributed by atoms with van der Waals surface area (Å²) in [7, 11) is 0. The molecule has 1 N–H and O–H groups in total. The van der Waals surface area contributed by atoms with Gasteiger partial charge in [-0.1, -0.05) is 31.0 Å². The van der Waals surface area contributed by atoms with Crippen LogP contribution in [0.2, 0.25) is 0 Å². The SMILES string of the molecule is O=C(Cn1nc2n(c1=O)CCN(Cc1ccccc1F)C2=O)NC1CCCC1. The second kappa shape index (κ2) is 7.57. The summed E-state index contributed by atoms with van der Waals surface area (Å²) in [6.07, 6.45) is 4.08. The first-order valence-corrected chi connectivity index (χ1v) is 9.52. The molecule has 4 rings (SSSR count). The summed E-state index contributed by atoms with van der Waals surface area (Å²) in [4.78, 5) is 38.9. The highest BCUT2D eigenvalue weighted by atomic mass is 19.1. The fourth-order valence-corrected chi connectivity index (χ4v) is 3.83. The van der Waals surface area contributed by atoms with Crippen LogP contribution in [0, 0.1) is 5.82 Å². The Morgan fingerprint density at radius 2 is 1.93 bits per heavy atom. The van der Waals surface area contributed by atoms with Crippen molar-refractivity contribution in [2.45, 2.75) is 51.4 Å². The second-order valence-corrected chi connectivity index (χ2v) is 7.28. The Morgan fingerprint density at radius 3 is 2.68 bits per heavy atom. The molecule has 1 aromatic heterocycles. The summed E-state index contributed by atoms with van der Waals surface area (Å²) in [5.74, 6) is -1.12. The van der Waals surface area contributed by atoms with Gasteiger partial charge in [0.25, 0.3) is 5.91 Å². The molecule has 1 saturated carbocycles. The Hall–Kier alpha value is -2.97. The van der Waals surface area contributed by atoms with Gasteiger partial charge in [0, 0.05) is 31.2 Å². The van der Waals surface area contributed by atoms with E-state index in [1.54, 1.807) is 18.2 Å². The van der Waals surface area contributed by atoms with E-state index in [9.17, 15) is 18.8 Å². The molecule has 9 heteroatoms. The Balaban J connectivity index is 1.48. The van der Waals surface area contributed by atoms with E-state index in [4.69, 9.17) is 0 Å². The lowest BCUT2D eigenvalue weighted by molar-refractivity contribution is -0.122. The molecule has 1 fully saturated rings. The molecule has 8 nitrogen and oxygen atoms in total. The van der Waals surface area contributed by atoms with Gasteiger partial charge in [0.2, 0.25) is 11.7 Å². The highest BCUT2D eigenvalue weighted by molar-refractivity contribution is 5.91. The molecule has 0 saturated heterocycles. The predicted molar refractivity (Wildman–Crippen MR) is 98.0 cm³/mol. The molecule has 1 aromatic carbocycles. The molecule has 1 aliphatic carbocycles. The van der Waals surface area contributed by atoms with Crippen molar-refractivity contribution in [1.82, 2.24) is 24.6 Å². The van der Waals surface area contributed by atoms with Gasteiger partial charge in [-0.3, -0.25) is 14.2 Å². The van der Waals surface area contributed by atoms with E-state index < -0.39 is 11.6 Å². The minimum absolute atomic E-state index is 0.0127. The zero-order chi connectivity index (χ0) is 19.7. The first-order valence-electron chi connectivity index (χ1n) is 9.52. The van der Waals surface area contributed by atoms with Gasteiger partial charge in [0.05, 0.1) is 0 Å². The van der Waals surface area contributed by atoms with Crippen LogP contribution >= 0.6 is 0 Å². The molecule has 148 valence electrons. The fraction of sp³-hybridized carbons (Fsp3) is 0.474. The van der Waals surface area contributed by atoms with Gasteiger partial charge in [0.1, 0.15) is 12.4 Å². The lowest BCUT2D eigenvalue weighted by atomic mass is 10.2. The number of aromatic nitrogens is 3. The smallest absolute Gasteiger partial charge is 0.346 e. The maximum Gasteiger partial charge on any atom is 0.346 e. The average Bonchev–Trinajstić information content (AvgIpc) is 3.28. The maximum atomic E-state index is 13.9. The molecule has 2 aliphatic rings. The van der Waals surface area contributed by atoms with Crippen LogP contribution in [0.1, 0.15) is 41.9 Å². The third-order valence-electron chi connectivity index (χ3n) is 5.33. The molecule has 0 bridgehead atoms. The number of carbonyl (C=O) groups is 2. The van der Waals surface area contributed by atoms with E-state index >= 15 is 0 Å². The van der Waals surface area contributed by atoms with Crippen molar-refractivity contribution in [3.63, 3.8) is 0 Å². The van der Waals surface area contributed by atoms with Crippen molar-refractivity contribution in [3.05, 3.63) is 52.0 Å². The van der Waals surface area contributed by atoms with E-state index in [2.05, 4.69) is 10.4 Å². The van der Waals surface area contributed by atoms with Gasteiger partial charge >= 0.3 is 5.69 Å². The van der Waals surface area contributed by atoms with Crippen LogP contribution < -0.4 is 11.0 Å². The van der Waals surface area contributed by atoms with E-state index in [0.29, 0.717) is 5.56 Å². The monoisotopic (exact) mass is 387 g/mol. The highest BCUT2D eigenvalue weighted by Crippen LogP contribution is 2.18. The zero-order valence-corrected chi connectivity index (χ0v) is 15.4. The predicted octanol–water partition coefficient (Wildman–Crippen LogP) is 0.899. The van der Waals surface area contributed by atoms with Crippen LogP contribution in [0.3, 0.4) is 0 Å². The zero-order valence-electron chi connectivity index (χ0n) is 15.4. The van der Waals surface area contributed by atoms with Crippen molar-refractivity contribution in [1.29, 1.82) is 0 Å². The summed E-state index contributed by atoms with van der Waals surface area (Å²) in [6.45, 7) is 0.434. The Bertz CT molecular complexity index is 961. The molecular weight excluding hydrogens is 365 g/mol. The molecule has 0 atom stereocenters. The van der Waals surface area contributed by atoms with Gasteiger partial charge in [-0.25, -0.2) is 13.9 Å². The van der Waals surface area contributed by atoms with Gasteiger partial charge in [-0.15, -0.1) is 5.10 Å². The Morgan fingerprint density at radius 1 is 1.18 bits per heavy atom. The maximum absolute atomic E-state index is 13.9. The number of rotatable bonds is 5. The van der Waals surface area contributed by atoms with E-state index in [1.807, 2.05) is 0 Å². The van der Waals surface area contributed by atoms with Crippen LogP contribution in [-0.4, -0.2) is 43.6 Å². The van der Waals surface area contributed by atoms with Gasteiger partial charge in [0.15, 0.2) is 0 Å². The molecule has 1 aliphatic heterocycles. The molecule has 0 spiro atoms. The number of hydrogen-bond acceptors (Lipinski definition) is 4. The van der Waals surface area contributed by atoms with Crippen molar-refractivity contribution in [3.8, 4) is 0 Å². The fourth-order valence-electron chi connectivity index (χ4n) is 3.83. The van der Waals surface area contributed by atoms with Crippen molar-refractivity contribution < 1.29 is 14.0 Å². The van der Waals surface area contributed by atoms with Crippen LogP contribution in [0.25, 0.3) is 0 Å². The van der Waals surface area contributed by atoms with Gasteiger partial charge < -0.3 is 10.2 Å². The highest BCUT2D eigenvalue weighted by Gasteiger charge is 2.30. The molecule has 2 aromatic rings. The number of carbonyl (C=O) groups excluding carboxylic acids is 2. The summed E-state index contributed by atoms with van der Waals surface area (Å²) in [6, 6.07) is 6.42. The lowest BCUT2D eigenvalue weighted by Gasteiger charge is -2.26. The van der Waals surface area contributed by atoms with E-state index in [0.717, 1.165) is 30.4 Å². The van der Waals surface area contributed by atoms with Crippen molar-refractivity contribution in [2.75, 3.05) is 6.54 Å². The summed E-state index contributed by atoms with van der Waals surface area (Å²) in [5.41, 5.74) is -0.0718. The van der Waals surface area contributed by atoms with Crippen molar-refractivity contribution >= 4 is 11.8 Å². The third-order valence-corrected chi connectivity index (χ3v) is 5.33. The number of nitrogens with one attached hydrogen (secondary N) is 1. The van der Waals surface area contributed by atoms with Crippen LogP contribution in [0.5, 0.6) is 0 Å². The summed E-state index contributed by atoms with van der Waals surface area (Å²) < 4.78 is 16.2. The quantitative estimate of drug-likeness (QED) is 0.826. The van der Waals surface area contributed by atoms with Gasteiger partial charge in [-0.05, 0) is 18.9 Å². The minimum atomic E-state index is -0.476. The number of amides is 2. The Labute approximate surface area is 160 Å². The summed E-state index contributed by atoms with van der Waals surface area (Å²) in [5, 5.41) is 6.99. The molecule has 0 unspecified atom stereocenters. The minimum Gasteiger partial charge on any atom is -0.352 e. The molecule has 28 heavy (non-hydrogen) atoms. The molecule has 2 heterocycles. The number of benzene rings is 1. The number of hydrogen-bond donors (Lipinski definition) is 1. The van der Waals surface area contributed by atoms with E-state index in [-0.39, 0.29) is 49.8 Å². The topological polar surface area (TPSA) is 89.2 Å². The first-order chi connectivity index (χ1) is 13.5. The standard InChI is InChI=1S/C19H22FN5O3/c20-15-8-4-1-5-13(15)11-23-9-10-24-17(18(23)27)22-25(19(24)28)12-16(26)21-14-6-2-3-7-14/h1,4-5,8,14H,2-3,6-7,9-12H2,(H,21,26).